The number of alkyl halides is 3. The van der Waals surface area contributed by atoms with Crippen LogP contribution in [-0.2, 0) is 11.0 Å². The van der Waals surface area contributed by atoms with Crippen LogP contribution in [-0.4, -0.2) is 12.0 Å². The van der Waals surface area contributed by atoms with Crippen LogP contribution in [0.1, 0.15) is 18.1 Å². The first-order valence-electron chi connectivity index (χ1n) is 6.98. The van der Waals surface area contributed by atoms with Crippen molar-refractivity contribution < 1.29 is 22.7 Å². The molecule has 0 aliphatic rings. The van der Waals surface area contributed by atoms with Crippen LogP contribution in [0, 0.1) is 6.92 Å². The van der Waals surface area contributed by atoms with E-state index in [1.54, 1.807) is 12.1 Å². The molecule has 0 aliphatic carbocycles. The molecular weight excluding hydrogens is 307 g/mol. The summed E-state index contributed by atoms with van der Waals surface area (Å²) in [7, 11) is 0. The Kier molecular flexibility index (Phi) is 4.93. The number of nitrogens with one attached hydrogen (secondary N) is 1. The van der Waals surface area contributed by atoms with E-state index in [4.69, 9.17) is 4.74 Å². The van der Waals surface area contributed by atoms with Crippen molar-refractivity contribution in [1.82, 2.24) is 0 Å². The van der Waals surface area contributed by atoms with E-state index in [1.807, 2.05) is 19.1 Å². The van der Waals surface area contributed by atoms with Crippen LogP contribution in [0.15, 0.2) is 48.5 Å². The average molecular weight is 323 g/mol. The number of amides is 1. The van der Waals surface area contributed by atoms with Gasteiger partial charge in [0.2, 0.25) is 0 Å². The first-order valence-corrected chi connectivity index (χ1v) is 6.98. The third kappa shape index (κ3) is 4.48. The van der Waals surface area contributed by atoms with Crippen LogP contribution in [0.3, 0.4) is 0 Å². The van der Waals surface area contributed by atoms with Gasteiger partial charge in [0.1, 0.15) is 5.75 Å². The fourth-order valence-electron chi connectivity index (χ4n) is 1.95. The van der Waals surface area contributed by atoms with Crippen molar-refractivity contribution in [2.45, 2.75) is 26.1 Å². The smallest absolute Gasteiger partial charge is 0.416 e. The molecule has 1 atom stereocenters. The van der Waals surface area contributed by atoms with E-state index in [9.17, 15) is 18.0 Å². The number of anilines is 1. The highest BCUT2D eigenvalue weighted by molar-refractivity contribution is 5.94. The maximum absolute atomic E-state index is 12.7. The predicted octanol–water partition coefficient (Wildman–Crippen LogP) is 4.42. The maximum atomic E-state index is 12.7. The Morgan fingerprint density at radius 2 is 1.83 bits per heavy atom. The molecule has 1 N–H and O–H groups in total. The Bertz CT molecular complexity index is 698. The highest BCUT2D eigenvalue weighted by Crippen LogP contribution is 2.30. The highest BCUT2D eigenvalue weighted by atomic mass is 19.4. The molecule has 122 valence electrons. The van der Waals surface area contributed by atoms with Gasteiger partial charge >= 0.3 is 6.18 Å². The lowest BCUT2D eigenvalue weighted by Gasteiger charge is -2.16. The van der Waals surface area contributed by atoms with Gasteiger partial charge in [-0.2, -0.15) is 13.2 Å². The van der Waals surface area contributed by atoms with Crippen molar-refractivity contribution >= 4 is 11.6 Å². The molecule has 0 fully saturated rings. The molecular formula is C17H16F3NO2. The van der Waals surface area contributed by atoms with Crippen molar-refractivity contribution in [3.8, 4) is 5.75 Å². The number of benzene rings is 2. The molecule has 6 heteroatoms. The van der Waals surface area contributed by atoms with Crippen LogP contribution in [0.4, 0.5) is 18.9 Å². The van der Waals surface area contributed by atoms with Crippen molar-refractivity contribution in [3.63, 3.8) is 0 Å². The number of halogens is 3. The number of para-hydroxylation sites is 1. The maximum Gasteiger partial charge on any atom is 0.416 e. The minimum absolute atomic E-state index is 0.0741. The summed E-state index contributed by atoms with van der Waals surface area (Å²) in [5, 5.41) is 2.43. The van der Waals surface area contributed by atoms with Gasteiger partial charge in [0.15, 0.2) is 6.10 Å². The van der Waals surface area contributed by atoms with E-state index in [2.05, 4.69) is 5.32 Å². The molecule has 0 bridgehead atoms. The number of hydrogen-bond donors (Lipinski definition) is 1. The number of aryl methyl sites for hydroxylation is 1. The van der Waals surface area contributed by atoms with E-state index < -0.39 is 23.8 Å². The van der Waals surface area contributed by atoms with Gasteiger partial charge in [-0.1, -0.05) is 24.3 Å². The average Bonchev–Trinajstić information content (AvgIpc) is 2.49. The minimum Gasteiger partial charge on any atom is -0.481 e. The van der Waals surface area contributed by atoms with Crippen LogP contribution in [0.2, 0.25) is 0 Å². The van der Waals surface area contributed by atoms with Gasteiger partial charge in [-0.15, -0.1) is 0 Å². The second-order valence-corrected chi connectivity index (χ2v) is 5.09. The van der Waals surface area contributed by atoms with Crippen molar-refractivity contribution in [3.05, 3.63) is 59.7 Å². The Morgan fingerprint density at radius 3 is 2.48 bits per heavy atom. The Labute approximate surface area is 132 Å². The molecule has 0 saturated carbocycles. The molecule has 1 amide bonds. The monoisotopic (exact) mass is 323 g/mol. The fraction of sp³-hybridized carbons (Fsp3) is 0.235. The molecule has 23 heavy (non-hydrogen) atoms. The van der Waals surface area contributed by atoms with Gasteiger partial charge in [0, 0.05) is 5.69 Å². The molecule has 0 spiro atoms. The van der Waals surface area contributed by atoms with E-state index in [-0.39, 0.29) is 5.69 Å². The Hall–Kier alpha value is -2.50. The zero-order valence-corrected chi connectivity index (χ0v) is 12.6. The molecule has 0 aromatic heterocycles. The first kappa shape index (κ1) is 16.9. The quantitative estimate of drug-likeness (QED) is 0.904. The SMILES string of the molecule is Cc1ccccc1O[C@H](C)C(=O)Nc1cccc(C(F)(F)F)c1. The zero-order valence-electron chi connectivity index (χ0n) is 12.6. The lowest BCUT2D eigenvalue weighted by Crippen LogP contribution is -2.30. The first-order chi connectivity index (χ1) is 10.8. The molecule has 0 radical (unpaired) electrons. The normalized spacial score (nSPS) is 12.6. The molecule has 0 heterocycles. The summed E-state index contributed by atoms with van der Waals surface area (Å²) in [4.78, 5) is 12.1. The number of hydrogen-bond acceptors (Lipinski definition) is 2. The van der Waals surface area contributed by atoms with Gasteiger partial charge in [-0.05, 0) is 43.7 Å². The third-order valence-corrected chi connectivity index (χ3v) is 3.22. The second-order valence-electron chi connectivity index (χ2n) is 5.09. The van der Waals surface area contributed by atoms with E-state index >= 15 is 0 Å². The van der Waals surface area contributed by atoms with Gasteiger partial charge in [-0.25, -0.2) is 0 Å². The minimum atomic E-state index is -4.45. The second kappa shape index (κ2) is 6.73. The van der Waals surface area contributed by atoms with Crippen LogP contribution < -0.4 is 10.1 Å². The topological polar surface area (TPSA) is 38.3 Å². The van der Waals surface area contributed by atoms with Crippen LogP contribution in [0.5, 0.6) is 5.75 Å². The van der Waals surface area contributed by atoms with Crippen molar-refractivity contribution in [1.29, 1.82) is 0 Å². The van der Waals surface area contributed by atoms with Gasteiger partial charge in [0.25, 0.3) is 5.91 Å². The van der Waals surface area contributed by atoms with E-state index in [1.165, 1.54) is 19.1 Å². The zero-order chi connectivity index (χ0) is 17.0. The fourth-order valence-corrected chi connectivity index (χ4v) is 1.95. The molecule has 3 nitrogen and oxygen atoms in total. The lowest BCUT2D eigenvalue weighted by molar-refractivity contribution is -0.137. The summed E-state index contributed by atoms with van der Waals surface area (Å²) >= 11 is 0. The van der Waals surface area contributed by atoms with Gasteiger partial charge < -0.3 is 10.1 Å². The van der Waals surface area contributed by atoms with Crippen molar-refractivity contribution in [2.24, 2.45) is 0 Å². The number of carbonyl (C=O) groups is 1. The molecule has 0 unspecified atom stereocenters. The third-order valence-electron chi connectivity index (χ3n) is 3.22. The highest BCUT2D eigenvalue weighted by Gasteiger charge is 2.30. The summed E-state index contributed by atoms with van der Waals surface area (Å²) in [6.07, 6.45) is -5.30. The molecule has 2 aromatic carbocycles. The summed E-state index contributed by atoms with van der Waals surface area (Å²) in [6.45, 7) is 3.38. The van der Waals surface area contributed by atoms with Crippen LogP contribution >= 0.6 is 0 Å². The number of carbonyl (C=O) groups excluding carboxylic acids is 1. The largest absolute Gasteiger partial charge is 0.481 e. The summed E-state index contributed by atoms with van der Waals surface area (Å²) in [5.41, 5.74) is 0.124. The molecule has 0 saturated heterocycles. The summed E-state index contributed by atoms with van der Waals surface area (Å²) < 4.78 is 43.5. The van der Waals surface area contributed by atoms with Crippen molar-refractivity contribution in [2.75, 3.05) is 5.32 Å². The Balaban J connectivity index is 2.06. The van der Waals surface area contributed by atoms with E-state index in [0.29, 0.717) is 5.75 Å². The van der Waals surface area contributed by atoms with Gasteiger partial charge in [0.05, 0.1) is 5.56 Å². The lowest BCUT2D eigenvalue weighted by atomic mass is 10.2. The predicted molar refractivity (Wildman–Crippen MR) is 81.3 cm³/mol. The summed E-state index contributed by atoms with van der Waals surface area (Å²) in [5.74, 6) is 0.0340. The molecule has 2 aromatic rings. The number of ether oxygens (including phenoxy) is 1. The summed E-state index contributed by atoms with van der Waals surface area (Å²) in [6, 6.07) is 11.7. The van der Waals surface area contributed by atoms with Crippen LogP contribution in [0.25, 0.3) is 0 Å². The van der Waals surface area contributed by atoms with E-state index in [0.717, 1.165) is 17.7 Å². The standard InChI is InChI=1S/C17H16F3NO2/c1-11-6-3-4-9-15(11)23-12(2)16(22)21-14-8-5-7-13(10-14)17(18,19)20/h3-10,12H,1-2H3,(H,21,22)/t12-/m1/s1. The molecule has 2 rings (SSSR count). The molecule has 0 aliphatic heterocycles. The number of rotatable bonds is 4. The Morgan fingerprint density at radius 1 is 1.13 bits per heavy atom. The van der Waals surface area contributed by atoms with Gasteiger partial charge in [-0.3, -0.25) is 4.79 Å².